The number of carbonyl (C=O) groups is 1. The second-order valence-corrected chi connectivity index (χ2v) is 4.63. The minimum absolute atomic E-state index is 0.0439. The van der Waals surface area contributed by atoms with Gasteiger partial charge < -0.3 is 15.5 Å². The number of nitrogens with zero attached hydrogens (tertiary/aromatic N) is 1. The summed E-state index contributed by atoms with van der Waals surface area (Å²) in [5.41, 5.74) is 7.36. The van der Waals surface area contributed by atoms with Crippen LogP contribution >= 0.6 is 0 Å². The van der Waals surface area contributed by atoms with Gasteiger partial charge in [0, 0.05) is 5.56 Å². The molecule has 0 atom stereocenters. The van der Waals surface area contributed by atoms with E-state index >= 15 is 0 Å². The third kappa shape index (κ3) is 3.47. The highest BCUT2D eigenvalue weighted by atomic mass is 16.5. The van der Waals surface area contributed by atoms with Gasteiger partial charge in [-0.3, -0.25) is 9.59 Å². The molecule has 3 N–H and O–H groups in total. The van der Waals surface area contributed by atoms with Crippen molar-refractivity contribution in [3.05, 3.63) is 45.7 Å². The first-order chi connectivity index (χ1) is 10.0. The van der Waals surface area contributed by atoms with Gasteiger partial charge in [0.15, 0.2) is 0 Å². The van der Waals surface area contributed by atoms with Gasteiger partial charge in [0.05, 0.1) is 18.6 Å². The molecule has 0 amide bonds. The summed E-state index contributed by atoms with van der Waals surface area (Å²) in [6, 6.07) is 7.52. The highest BCUT2D eigenvalue weighted by Crippen LogP contribution is 2.16. The van der Waals surface area contributed by atoms with E-state index in [1.54, 1.807) is 6.92 Å². The maximum Gasteiger partial charge on any atom is 0.310 e. The summed E-state index contributed by atoms with van der Waals surface area (Å²) in [6.07, 6.45) is -0.184. The van der Waals surface area contributed by atoms with Crippen molar-refractivity contribution in [3.8, 4) is 11.4 Å². The summed E-state index contributed by atoms with van der Waals surface area (Å²) < 4.78 is 4.81. The lowest BCUT2D eigenvalue weighted by atomic mass is 10.1. The van der Waals surface area contributed by atoms with Crippen LogP contribution in [0.2, 0.25) is 0 Å². The summed E-state index contributed by atoms with van der Waals surface area (Å²) in [7, 11) is 0. The molecule has 0 bridgehead atoms. The zero-order valence-corrected chi connectivity index (χ0v) is 12.0. The number of benzene rings is 1. The minimum atomic E-state index is -0.500. The number of esters is 1. The number of hydrogen-bond acceptors (Lipinski definition) is 5. The molecule has 0 saturated carbocycles. The molecular formula is C15H17N3O3. The molecule has 1 aromatic carbocycles. The number of ether oxygens (including phenoxy) is 1. The van der Waals surface area contributed by atoms with Crippen molar-refractivity contribution in [2.24, 2.45) is 0 Å². The van der Waals surface area contributed by atoms with Crippen LogP contribution in [-0.4, -0.2) is 22.5 Å². The van der Waals surface area contributed by atoms with Gasteiger partial charge in [-0.2, -0.15) is 0 Å². The second kappa shape index (κ2) is 6.21. The quantitative estimate of drug-likeness (QED) is 0.829. The third-order valence-corrected chi connectivity index (χ3v) is 3.00. The lowest BCUT2D eigenvalue weighted by Crippen LogP contribution is -2.22. The Bertz CT molecular complexity index is 705. The summed E-state index contributed by atoms with van der Waals surface area (Å²) in [4.78, 5) is 30.3. The lowest BCUT2D eigenvalue weighted by molar-refractivity contribution is -0.142. The maximum absolute atomic E-state index is 12.1. The van der Waals surface area contributed by atoms with E-state index in [4.69, 9.17) is 10.5 Å². The molecule has 0 fully saturated rings. The van der Waals surface area contributed by atoms with Gasteiger partial charge in [-0.05, 0) is 13.8 Å². The number of nitrogens with one attached hydrogen (secondary N) is 1. The monoisotopic (exact) mass is 287 g/mol. The summed E-state index contributed by atoms with van der Waals surface area (Å²) in [6.45, 7) is 3.92. The van der Waals surface area contributed by atoms with Gasteiger partial charge in [0.2, 0.25) is 0 Å². The van der Waals surface area contributed by atoms with Crippen LogP contribution in [-0.2, 0) is 16.0 Å². The average molecular weight is 287 g/mol. The number of aryl methyl sites for hydroxylation is 1. The zero-order chi connectivity index (χ0) is 15.4. The van der Waals surface area contributed by atoms with E-state index < -0.39 is 11.5 Å². The number of aromatic amines is 1. The van der Waals surface area contributed by atoms with Crippen molar-refractivity contribution in [3.63, 3.8) is 0 Å². The molecule has 0 aliphatic heterocycles. The average Bonchev–Trinajstić information content (AvgIpc) is 2.44. The highest BCUT2D eigenvalue weighted by Gasteiger charge is 2.14. The topological polar surface area (TPSA) is 98.1 Å². The van der Waals surface area contributed by atoms with Crippen molar-refractivity contribution in [1.82, 2.24) is 9.97 Å². The molecule has 0 saturated heterocycles. The Morgan fingerprint density at radius 2 is 2.00 bits per heavy atom. The van der Waals surface area contributed by atoms with Gasteiger partial charge >= 0.3 is 5.97 Å². The van der Waals surface area contributed by atoms with Gasteiger partial charge in [-0.1, -0.05) is 29.8 Å². The molecule has 2 rings (SSSR count). The van der Waals surface area contributed by atoms with E-state index in [1.165, 1.54) is 0 Å². The summed E-state index contributed by atoms with van der Waals surface area (Å²) in [5, 5.41) is 0. The van der Waals surface area contributed by atoms with Crippen molar-refractivity contribution in [2.45, 2.75) is 20.3 Å². The molecule has 110 valence electrons. The molecule has 6 heteroatoms. The van der Waals surface area contributed by atoms with Crippen LogP contribution in [0.15, 0.2) is 29.1 Å². The van der Waals surface area contributed by atoms with Crippen LogP contribution in [0.5, 0.6) is 0 Å². The Hall–Kier alpha value is -2.63. The van der Waals surface area contributed by atoms with Gasteiger partial charge in [-0.15, -0.1) is 0 Å². The van der Waals surface area contributed by atoms with Crippen molar-refractivity contribution >= 4 is 11.8 Å². The normalized spacial score (nSPS) is 10.4. The highest BCUT2D eigenvalue weighted by molar-refractivity contribution is 5.74. The fourth-order valence-electron chi connectivity index (χ4n) is 1.89. The van der Waals surface area contributed by atoms with Crippen LogP contribution in [0.1, 0.15) is 18.1 Å². The first kappa shape index (κ1) is 14.8. The number of aromatic nitrogens is 2. The number of nitrogen functional groups attached to an aromatic ring is 1. The van der Waals surface area contributed by atoms with Crippen molar-refractivity contribution in [2.75, 3.05) is 12.3 Å². The molecule has 0 unspecified atom stereocenters. The molecule has 2 aromatic rings. The fourth-order valence-corrected chi connectivity index (χ4v) is 1.89. The number of H-pyrrole nitrogens is 1. The Labute approximate surface area is 122 Å². The van der Waals surface area contributed by atoms with Crippen molar-refractivity contribution < 1.29 is 9.53 Å². The Morgan fingerprint density at radius 3 is 2.57 bits per heavy atom. The van der Waals surface area contributed by atoms with Gasteiger partial charge in [0.1, 0.15) is 11.6 Å². The van der Waals surface area contributed by atoms with Crippen LogP contribution < -0.4 is 11.3 Å². The lowest BCUT2D eigenvalue weighted by Gasteiger charge is -2.07. The van der Waals surface area contributed by atoms with Gasteiger partial charge in [-0.25, -0.2) is 4.98 Å². The standard InChI is InChI=1S/C15H17N3O3/c1-3-21-12(19)8-11-13(16)17-14(18-15(11)20)10-6-4-9(2)5-7-10/h4-7H,3,8H2,1-2H3,(H3,16,17,18,20). The Morgan fingerprint density at radius 1 is 1.33 bits per heavy atom. The second-order valence-electron chi connectivity index (χ2n) is 4.63. The largest absolute Gasteiger partial charge is 0.466 e. The van der Waals surface area contributed by atoms with Crippen LogP contribution in [0, 0.1) is 6.92 Å². The van der Waals surface area contributed by atoms with E-state index in [-0.39, 0.29) is 24.4 Å². The van der Waals surface area contributed by atoms with E-state index in [9.17, 15) is 9.59 Å². The molecular weight excluding hydrogens is 270 g/mol. The fraction of sp³-hybridized carbons (Fsp3) is 0.267. The molecule has 6 nitrogen and oxygen atoms in total. The Kier molecular flexibility index (Phi) is 4.37. The van der Waals surface area contributed by atoms with Crippen molar-refractivity contribution in [1.29, 1.82) is 0 Å². The number of hydrogen-bond donors (Lipinski definition) is 2. The van der Waals surface area contributed by atoms with E-state index in [2.05, 4.69) is 9.97 Å². The predicted octanol–water partition coefficient (Wildman–Crippen LogP) is 1.43. The van der Waals surface area contributed by atoms with Crippen LogP contribution in [0.25, 0.3) is 11.4 Å². The maximum atomic E-state index is 12.1. The third-order valence-electron chi connectivity index (χ3n) is 3.00. The molecule has 1 aromatic heterocycles. The molecule has 0 aliphatic rings. The van der Waals surface area contributed by atoms with E-state index in [1.807, 2.05) is 31.2 Å². The smallest absolute Gasteiger partial charge is 0.310 e. The predicted molar refractivity (Wildman–Crippen MR) is 79.8 cm³/mol. The molecule has 21 heavy (non-hydrogen) atoms. The van der Waals surface area contributed by atoms with Crippen LogP contribution in [0.4, 0.5) is 5.82 Å². The molecule has 0 aliphatic carbocycles. The van der Waals surface area contributed by atoms with Crippen LogP contribution in [0.3, 0.4) is 0 Å². The minimum Gasteiger partial charge on any atom is -0.466 e. The number of anilines is 1. The zero-order valence-electron chi connectivity index (χ0n) is 12.0. The molecule has 1 heterocycles. The first-order valence-electron chi connectivity index (χ1n) is 6.62. The molecule has 0 spiro atoms. The Balaban J connectivity index is 2.35. The number of carbonyl (C=O) groups excluding carboxylic acids is 1. The van der Waals surface area contributed by atoms with E-state index in [0.29, 0.717) is 5.82 Å². The van der Waals surface area contributed by atoms with Gasteiger partial charge in [0.25, 0.3) is 5.56 Å². The summed E-state index contributed by atoms with van der Waals surface area (Å²) in [5.74, 6) is -0.0768. The van der Waals surface area contributed by atoms with E-state index in [0.717, 1.165) is 11.1 Å². The SMILES string of the molecule is CCOC(=O)Cc1c(N)nc(-c2ccc(C)cc2)[nH]c1=O. The summed E-state index contributed by atoms with van der Waals surface area (Å²) >= 11 is 0. The number of nitrogens with two attached hydrogens (primary N) is 1. The first-order valence-corrected chi connectivity index (χ1v) is 6.62. The molecule has 0 radical (unpaired) electrons. The number of rotatable bonds is 4.